The van der Waals surface area contributed by atoms with Gasteiger partial charge in [0.15, 0.2) is 5.13 Å². The zero-order valence-electron chi connectivity index (χ0n) is 19.4. The Hall–Kier alpha value is -2.28. The van der Waals surface area contributed by atoms with Crippen LogP contribution in [0.15, 0.2) is 9.82 Å². The van der Waals surface area contributed by atoms with E-state index < -0.39 is 5.97 Å². The van der Waals surface area contributed by atoms with Crippen molar-refractivity contribution in [3.05, 3.63) is 32.3 Å². The predicted molar refractivity (Wildman–Crippen MR) is 130 cm³/mol. The highest BCUT2D eigenvalue weighted by molar-refractivity contribution is 8.00. The monoisotopic (exact) mass is 507 g/mol. The molecule has 0 atom stereocenters. The maximum absolute atomic E-state index is 12.8. The molecule has 10 nitrogen and oxygen atoms in total. The molecule has 184 valence electrons. The standard InChI is InChI=1S/C22H29N5O5S2/c1-3-32-20(29)18-14(2)23-21(34-18)24-17(28)13-33-19-15-5-4-6-16(15)27(22(30)25-19)8-7-26-9-11-31-12-10-26/h3-13H2,1-2H3,(H,23,24,28). The molecule has 2 aliphatic rings. The predicted octanol–water partition coefficient (Wildman–Crippen LogP) is 1.74. The van der Waals surface area contributed by atoms with E-state index in [0.29, 0.717) is 27.3 Å². The largest absolute Gasteiger partial charge is 0.462 e. The van der Waals surface area contributed by atoms with Crippen LogP contribution in [0.2, 0.25) is 0 Å². The van der Waals surface area contributed by atoms with Gasteiger partial charge in [0.25, 0.3) is 0 Å². The third kappa shape index (κ3) is 5.85. The van der Waals surface area contributed by atoms with Crippen LogP contribution in [0.4, 0.5) is 5.13 Å². The Balaban J connectivity index is 1.38. The lowest BCUT2D eigenvalue weighted by atomic mass is 10.2. The Morgan fingerprint density at radius 2 is 2.00 bits per heavy atom. The molecule has 1 aliphatic carbocycles. The molecular weight excluding hydrogens is 478 g/mol. The van der Waals surface area contributed by atoms with E-state index in [0.717, 1.165) is 74.7 Å². The number of ether oxygens (including phenoxy) is 2. The number of morpholine rings is 1. The molecule has 0 radical (unpaired) electrons. The van der Waals surface area contributed by atoms with Crippen LogP contribution in [-0.4, -0.2) is 76.5 Å². The van der Waals surface area contributed by atoms with Gasteiger partial charge in [-0.1, -0.05) is 23.1 Å². The molecule has 4 rings (SSSR count). The minimum atomic E-state index is -0.443. The molecule has 1 N–H and O–H groups in total. The maximum Gasteiger partial charge on any atom is 0.350 e. The number of aromatic nitrogens is 3. The third-order valence-corrected chi connectivity index (χ3v) is 7.86. The average molecular weight is 508 g/mol. The average Bonchev–Trinajstić information content (AvgIpc) is 3.45. The van der Waals surface area contributed by atoms with Crippen LogP contribution >= 0.6 is 23.1 Å². The number of hydrogen-bond acceptors (Lipinski definition) is 10. The number of thioether (sulfide) groups is 1. The first-order valence-electron chi connectivity index (χ1n) is 11.5. The number of carbonyl (C=O) groups is 2. The van der Waals surface area contributed by atoms with E-state index in [-0.39, 0.29) is 24.0 Å². The highest BCUT2D eigenvalue weighted by Crippen LogP contribution is 2.30. The number of carbonyl (C=O) groups excluding carboxylic acids is 2. The second-order valence-electron chi connectivity index (χ2n) is 8.07. The molecule has 2 aromatic rings. The Labute approximate surface area is 206 Å². The molecular formula is C22H29N5O5S2. The number of hydrogen-bond donors (Lipinski definition) is 1. The van der Waals surface area contributed by atoms with Crippen molar-refractivity contribution < 1.29 is 19.1 Å². The number of esters is 1. The summed E-state index contributed by atoms with van der Waals surface area (Å²) in [6.07, 6.45) is 2.69. The molecule has 2 aromatic heterocycles. The summed E-state index contributed by atoms with van der Waals surface area (Å²) in [5.41, 5.74) is 2.39. The van der Waals surface area contributed by atoms with Crippen molar-refractivity contribution in [2.45, 2.75) is 44.7 Å². The first kappa shape index (κ1) is 24.8. The van der Waals surface area contributed by atoms with Crippen molar-refractivity contribution in [3.8, 4) is 0 Å². The summed E-state index contributed by atoms with van der Waals surface area (Å²) in [6, 6.07) is 0. The van der Waals surface area contributed by atoms with Crippen molar-refractivity contribution >= 4 is 40.1 Å². The fraction of sp³-hybridized carbons (Fsp3) is 0.591. The third-order valence-electron chi connectivity index (χ3n) is 5.79. The number of aryl methyl sites for hydroxylation is 1. The van der Waals surface area contributed by atoms with Crippen LogP contribution in [-0.2, 0) is 33.7 Å². The van der Waals surface area contributed by atoms with Gasteiger partial charge in [-0.3, -0.25) is 14.3 Å². The van der Waals surface area contributed by atoms with Gasteiger partial charge in [-0.05, 0) is 33.1 Å². The van der Waals surface area contributed by atoms with Gasteiger partial charge in [0.1, 0.15) is 9.90 Å². The topological polar surface area (TPSA) is 116 Å². The first-order valence-corrected chi connectivity index (χ1v) is 13.3. The summed E-state index contributed by atoms with van der Waals surface area (Å²) < 4.78 is 12.2. The normalized spacial score (nSPS) is 15.8. The van der Waals surface area contributed by atoms with Crippen molar-refractivity contribution in [1.82, 2.24) is 19.4 Å². The summed E-state index contributed by atoms with van der Waals surface area (Å²) in [5.74, 6) is -0.607. The molecule has 0 aromatic carbocycles. The molecule has 1 saturated heterocycles. The highest BCUT2D eigenvalue weighted by atomic mass is 32.2. The van der Waals surface area contributed by atoms with E-state index in [1.165, 1.54) is 11.8 Å². The van der Waals surface area contributed by atoms with Crippen LogP contribution in [0.1, 0.15) is 40.0 Å². The van der Waals surface area contributed by atoms with E-state index in [9.17, 15) is 14.4 Å². The number of rotatable bonds is 9. The summed E-state index contributed by atoms with van der Waals surface area (Å²) in [6.45, 7) is 8.36. The molecule has 0 bridgehead atoms. The molecule has 0 saturated carbocycles. The Morgan fingerprint density at radius 1 is 1.21 bits per heavy atom. The van der Waals surface area contributed by atoms with Gasteiger partial charge in [0.05, 0.1) is 31.3 Å². The highest BCUT2D eigenvalue weighted by Gasteiger charge is 2.23. The first-order chi connectivity index (χ1) is 16.5. The molecule has 0 spiro atoms. The van der Waals surface area contributed by atoms with Crippen LogP contribution in [0.5, 0.6) is 0 Å². The number of amides is 1. The quantitative estimate of drug-likeness (QED) is 0.308. The number of anilines is 1. The van der Waals surface area contributed by atoms with Gasteiger partial charge in [0, 0.05) is 37.4 Å². The molecule has 1 aliphatic heterocycles. The Kier molecular flexibility index (Phi) is 8.35. The van der Waals surface area contributed by atoms with E-state index in [1.807, 2.05) is 0 Å². The van der Waals surface area contributed by atoms with Gasteiger partial charge in [-0.25, -0.2) is 14.6 Å². The van der Waals surface area contributed by atoms with Crippen molar-refractivity contribution in [2.24, 2.45) is 0 Å². The fourth-order valence-corrected chi connectivity index (χ4v) is 5.88. The number of nitrogens with zero attached hydrogens (tertiary/aromatic N) is 4. The van der Waals surface area contributed by atoms with E-state index >= 15 is 0 Å². The minimum Gasteiger partial charge on any atom is -0.462 e. The lowest BCUT2D eigenvalue weighted by molar-refractivity contribution is -0.113. The van der Waals surface area contributed by atoms with Crippen LogP contribution < -0.4 is 11.0 Å². The van der Waals surface area contributed by atoms with E-state index in [4.69, 9.17) is 9.47 Å². The number of thiazole rings is 1. The molecule has 12 heteroatoms. The second kappa shape index (κ2) is 11.4. The van der Waals surface area contributed by atoms with Gasteiger partial charge in [0.2, 0.25) is 5.91 Å². The summed E-state index contributed by atoms with van der Waals surface area (Å²) in [7, 11) is 0. The van der Waals surface area contributed by atoms with Crippen LogP contribution in [0.3, 0.4) is 0 Å². The van der Waals surface area contributed by atoms with Crippen LogP contribution in [0.25, 0.3) is 0 Å². The van der Waals surface area contributed by atoms with Crippen LogP contribution in [0, 0.1) is 6.92 Å². The van der Waals surface area contributed by atoms with E-state index in [2.05, 4.69) is 20.2 Å². The smallest absolute Gasteiger partial charge is 0.350 e. The lowest BCUT2D eigenvalue weighted by Gasteiger charge is -2.27. The second-order valence-corrected chi connectivity index (χ2v) is 10.0. The number of fused-ring (bicyclic) bond motifs is 1. The zero-order chi connectivity index (χ0) is 24.1. The maximum atomic E-state index is 12.8. The van der Waals surface area contributed by atoms with Crippen molar-refractivity contribution in [2.75, 3.05) is 50.5 Å². The van der Waals surface area contributed by atoms with Gasteiger partial charge in [-0.15, -0.1) is 0 Å². The molecule has 0 unspecified atom stereocenters. The zero-order valence-corrected chi connectivity index (χ0v) is 21.1. The Bertz CT molecular complexity index is 1110. The molecule has 1 amide bonds. The molecule has 3 heterocycles. The minimum absolute atomic E-state index is 0.101. The van der Waals surface area contributed by atoms with Crippen molar-refractivity contribution in [3.63, 3.8) is 0 Å². The summed E-state index contributed by atoms with van der Waals surface area (Å²) in [5, 5.41) is 3.72. The van der Waals surface area contributed by atoms with Gasteiger partial charge in [-0.2, -0.15) is 4.98 Å². The fourth-order valence-electron chi connectivity index (χ4n) is 4.13. The van der Waals surface area contributed by atoms with Gasteiger partial charge >= 0.3 is 11.7 Å². The Morgan fingerprint density at radius 3 is 2.76 bits per heavy atom. The number of nitrogens with one attached hydrogen (secondary N) is 1. The molecule has 34 heavy (non-hydrogen) atoms. The summed E-state index contributed by atoms with van der Waals surface area (Å²) in [4.78, 5) is 48.5. The summed E-state index contributed by atoms with van der Waals surface area (Å²) >= 11 is 2.36. The van der Waals surface area contributed by atoms with Crippen molar-refractivity contribution in [1.29, 1.82) is 0 Å². The molecule has 1 fully saturated rings. The SMILES string of the molecule is CCOC(=O)c1sc(NC(=O)CSc2nc(=O)n(CCN3CCOCC3)c3c2CCC3)nc1C. The van der Waals surface area contributed by atoms with E-state index in [1.54, 1.807) is 18.4 Å². The van der Waals surface area contributed by atoms with Gasteiger partial charge < -0.3 is 14.8 Å². The lowest BCUT2D eigenvalue weighted by Crippen LogP contribution is -2.40.